The van der Waals surface area contributed by atoms with Gasteiger partial charge in [0.1, 0.15) is 5.76 Å². The number of nitrogen functional groups attached to an aromatic ring is 1. The standard InChI is InChI=1S/C13H14ClN3O2/c14-11-7-8(15)6-10(13(16)18)12(11)17-4-3-9-2-1-5-19-9/h1-2,5-7,17H,3-4,15H2,(H2,16,18). The van der Waals surface area contributed by atoms with Crippen LogP contribution in [0.4, 0.5) is 11.4 Å². The first-order chi connectivity index (χ1) is 9.08. The van der Waals surface area contributed by atoms with Crippen molar-refractivity contribution in [1.29, 1.82) is 0 Å². The van der Waals surface area contributed by atoms with Crippen molar-refractivity contribution in [2.75, 3.05) is 17.6 Å². The van der Waals surface area contributed by atoms with E-state index in [0.29, 0.717) is 29.4 Å². The maximum absolute atomic E-state index is 11.4. The Morgan fingerprint density at radius 2 is 2.21 bits per heavy atom. The van der Waals surface area contributed by atoms with Crippen LogP contribution in [0.2, 0.25) is 5.02 Å². The summed E-state index contributed by atoms with van der Waals surface area (Å²) in [7, 11) is 0. The second-order valence-electron chi connectivity index (χ2n) is 4.05. The van der Waals surface area contributed by atoms with E-state index in [1.165, 1.54) is 6.07 Å². The predicted octanol–water partition coefficient (Wildman–Crippen LogP) is 2.27. The third kappa shape index (κ3) is 3.20. The van der Waals surface area contributed by atoms with Gasteiger partial charge in [0.05, 0.1) is 22.5 Å². The van der Waals surface area contributed by atoms with Crippen molar-refractivity contribution in [2.24, 2.45) is 5.73 Å². The van der Waals surface area contributed by atoms with E-state index in [-0.39, 0.29) is 5.56 Å². The lowest BCUT2D eigenvalue weighted by atomic mass is 10.1. The number of carbonyl (C=O) groups excluding carboxylic acids is 1. The minimum Gasteiger partial charge on any atom is -0.469 e. The molecule has 0 fully saturated rings. The molecule has 0 atom stereocenters. The summed E-state index contributed by atoms with van der Waals surface area (Å²) in [6.45, 7) is 0.567. The van der Waals surface area contributed by atoms with Crippen LogP contribution >= 0.6 is 11.6 Å². The second kappa shape index (κ2) is 5.67. The molecule has 0 radical (unpaired) electrons. The van der Waals surface area contributed by atoms with Gasteiger partial charge in [0.2, 0.25) is 0 Å². The summed E-state index contributed by atoms with van der Waals surface area (Å²) in [5.74, 6) is 0.273. The number of nitrogens with two attached hydrogens (primary N) is 2. The van der Waals surface area contributed by atoms with Gasteiger partial charge in [-0.1, -0.05) is 11.6 Å². The first kappa shape index (κ1) is 13.3. The molecule has 19 heavy (non-hydrogen) atoms. The summed E-state index contributed by atoms with van der Waals surface area (Å²) in [5.41, 5.74) is 12.1. The highest BCUT2D eigenvalue weighted by Crippen LogP contribution is 2.28. The summed E-state index contributed by atoms with van der Waals surface area (Å²) in [6.07, 6.45) is 2.28. The Hall–Kier alpha value is -2.14. The second-order valence-corrected chi connectivity index (χ2v) is 4.45. The molecule has 5 nitrogen and oxygen atoms in total. The van der Waals surface area contributed by atoms with Crippen LogP contribution in [0.15, 0.2) is 34.9 Å². The number of amides is 1. The van der Waals surface area contributed by atoms with Gasteiger partial charge in [0, 0.05) is 18.7 Å². The van der Waals surface area contributed by atoms with Gasteiger partial charge in [0.25, 0.3) is 5.91 Å². The zero-order valence-corrected chi connectivity index (χ0v) is 10.9. The number of halogens is 1. The quantitative estimate of drug-likeness (QED) is 0.732. The van der Waals surface area contributed by atoms with Crippen LogP contribution in [0.25, 0.3) is 0 Å². The Balaban J connectivity index is 2.12. The third-order valence-electron chi connectivity index (χ3n) is 2.63. The minimum atomic E-state index is -0.574. The molecule has 1 amide bonds. The lowest BCUT2D eigenvalue weighted by Gasteiger charge is -2.12. The van der Waals surface area contributed by atoms with Crippen molar-refractivity contribution in [1.82, 2.24) is 0 Å². The molecular weight excluding hydrogens is 266 g/mol. The molecule has 2 rings (SSSR count). The highest BCUT2D eigenvalue weighted by Gasteiger charge is 2.13. The molecule has 0 bridgehead atoms. The van der Waals surface area contributed by atoms with E-state index >= 15 is 0 Å². The maximum atomic E-state index is 11.4. The number of anilines is 2. The van der Waals surface area contributed by atoms with E-state index < -0.39 is 5.91 Å². The molecule has 6 heteroatoms. The molecule has 0 unspecified atom stereocenters. The number of hydrogen-bond donors (Lipinski definition) is 3. The normalized spacial score (nSPS) is 10.4. The fourth-order valence-corrected chi connectivity index (χ4v) is 2.06. The Morgan fingerprint density at radius 3 is 2.84 bits per heavy atom. The van der Waals surface area contributed by atoms with E-state index in [0.717, 1.165) is 5.76 Å². The van der Waals surface area contributed by atoms with Crippen LogP contribution in [0.5, 0.6) is 0 Å². The molecule has 1 aromatic carbocycles. The number of hydrogen-bond acceptors (Lipinski definition) is 4. The fourth-order valence-electron chi connectivity index (χ4n) is 1.77. The summed E-state index contributed by atoms with van der Waals surface area (Å²) in [4.78, 5) is 11.4. The smallest absolute Gasteiger partial charge is 0.250 e. The van der Waals surface area contributed by atoms with E-state index in [1.54, 1.807) is 12.3 Å². The van der Waals surface area contributed by atoms with E-state index in [4.69, 9.17) is 27.5 Å². The SMILES string of the molecule is NC(=O)c1cc(N)cc(Cl)c1NCCc1ccco1. The first-order valence-electron chi connectivity index (χ1n) is 5.73. The largest absolute Gasteiger partial charge is 0.469 e. The Kier molecular flexibility index (Phi) is 3.97. The molecule has 0 saturated heterocycles. The Bertz CT molecular complexity index is 582. The molecule has 100 valence electrons. The lowest BCUT2D eigenvalue weighted by Crippen LogP contribution is -2.16. The molecule has 1 aromatic heterocycles. The molecule has 0 aliphatic carbocycles. The highest BCUT2D eigenvalue weighted by atomic mass is 35.5. The predicted molar refractivity (Wildman–Crippen MR) is 75.3 cm³/mol. The van der Waals surface area contributed by atoms with Gasteiger partial charge in [-0.25, -0.2) is 0 Å². The van der Waals surface area contributed by atoms with Crippen LogP contribution in [0.1, 0.15) is 16.1 Å². The molecule has 2 aromatic rings. The van der Waals surface area contributed by atoms with Crippen LogP contribution in [0.3, 0.4) is 0 Å². The summed E-state index contributed by atoms with van der Waals surface area (Å²) in [5, 5.41) is 3.45. The van der Waals surface area contributed by atoms with Gasteiger partial charge in [-0.15, -0.1) is 0 Å². The number of carbonyl (C=O) groups is 1. The van der Waals surface area contributed by atoms with Gasteiger partial charge in [-0.3, -0.25) is 4.79 Å². The van der Waals surface area contributed by atoms with Gasteiger partial charge >= 0.3 is 0 Å². The van der Waals surface area contributed by atoms with E-state index in [9.17, 15) is 4.79 Å². The molecule has 5 N–H and O–H groups in total. The fraction of sp³-hybridized carbons (Fsp3) is 0.154. The molecule has 0 spiro atoms. The van der Waals surface area contributed by atoms with Crippen molar-refractivity contribution in [3.05, 3.63) is 46.9 Å². The molecule has 0 aliphatic rings. The van der Waals surface area contributed by atoms with Gasteiger partial charge in [-0.2, -0.15) is 0 Å². The van der Waals surface area contributed by atoms with Gasteiger partial charge in [-0.05, 0) is 24.3 Å². The Labute approximate surface area is 115 Å². The van der Waals surface area contributed by atoms with E-state index in [2.05, 4.69) is 5.32 Å². The van der Waals surface area contributed by atoms with E-state index in [1.807, 2.05) is 12.1 Å². The summed E-state index contributed by atoms with van der Waals surface area (Å²) in [6, 6.07) is 6.77. The number of nitrogens with one attached hydrogen (secondary N) is 1. The lowest BCUT2D eigenvalue weighted by molar-refractivity contribution is 0.100. The summed E-state index contributed by atoms with van der Waals surface area (Å²) < 4.78 is 5.21. The number of furan rings is 1. The highest BCUT2D eigenvalue weighted by molar-refractivity contribution is 6.34. The zero-order chi connectivity index (χ0) is 13.8. The maximum Gasteiger partial charge on any atom is 0.250 e. The van der Waals surface area contributed by atoms with Gasteiger partial charge in [0.15, 0.2) is 0 Å². The zero-order valence-electron chi connectivity index (χ0n) is 10.2. The molecule has 1 heterocycles. The van der Waals surface area contributed by atoms with Crippen molar-refractivity contribution >= 4 is 28.9 Å². The van der Waals surface area contributed by atoms with Crippen LogP contribution in [-0.2, 0) is 6.42 Å². The topological polar surface area (TPSA) is 94.3 Å². The van der Waals surface area contributed by atoms with Crippen molar-refractivity contribution in [3.63, 3.8) is 0 Å². The molecular formula is C13H14ClN3O2. The number of benzene rings is 1. The first-order valence-corrected chi connectivity index (χ1v) is 6.11. The molecule has 0 saturated carbocycles. The molecule has 0 aliphatic heterocycles. The van der Waals surface area contributed by atoms with Crippen LogP contribution in [-0.4, -0.2) is 12.5 Å². The van der Waals surface area contributed by atoms with Crippen LogP contribution < -0.4 is 16.8 Å². The van der Waals surface area contributed by atoms with Crippen molar-refractivity contribution < 1.29 is 9.21 Å². The number of primary amides is 1. The van der Waals surface area contributed by atoms with Crippen molar-refractivity contribution in [2.45, 2.75) is 6.42 Å². The van der Waals surface area contributed by atoms with Gasteiger partial charge < -0.3 is 21.2 Å². The number of rotatable bonds is 5. The Morgan fingerprint density at radius 1 is 1.42 bits per heavy atom. The monoisotopic (exact) mass is 279 g/mol. The average Bonchev–Trinajstić information content (AvgIpc) is 2.84. The third-order valence-corrected chi connectivity index (χ3v) is 2.93. The van der Waals surface area contributed by atoms with Crippen molar-refractivity contribution in [3.8, 4) is 0 Å². The average molecular weight is 280 g/mol. The van der Waals surface area contributed by atoms with Crippen LogP contribution in [0, 0.1) is 0 Å². The minimum absolute atomic E-state index is 0.282. The summed E-state index contributed by atoms with van der Waals surface area (Å²) >= 11 is 6.07.